The number of carbonyl (C=O) groups is 2. The molecule has 1 saturated heterocycles. The number of benzene rings is 1. The molecule has 1 aliphatic heterocycles. The van der Waals surface area contributed by atoms with Crippen molar-refractivity contribution in [3.63, 3.8) is 0 Å². The predicted molar refractivity (Wildman–Crippen MR) is 93.8 cm³/mol. The van der Waals surface area contributed by atoms with Crippen molar-refractivity contribution in [3.05, 3.63) is 47.7 Å². The second-order valence-electron chi connectivity index (χ2n) is 7.31. The van der Waals surface area contributed by atoms with Gasteiger partial charge in [-0.15, -0.1) is 0 Å². The topological polar surface area (TPSA) is 49.9 Å². The molecule has 5 heteroatoms. The van der Waals surface area contributed by atoms with Gasteiger partial charge in [0.2, 0.25) is 0 Å². The van der Waals surface area contributed by atoms with Gasteiger partial charge in [-0.3, -0.25) is 4.79 Å². The molecule has 1 unspecified atom stereocenters. The first-order valence-corrected chi connectivity index (χ1v) is 8.11. The Labute approximate surface area is 143 Å². The normalized spacial score (nSPS) is 20.2. The van der Waals surface area contributed by atoms with E-state index in [1.807, 2.05) is 70.1 Å². The lowest BCUT2D eigenvalue weighted by Gasteiger charge is -2.35. The SMILES string of the molecule is CN(C)/C=C1/CN(C(=O)OC(C)(C)C)CC(c2ccccc2)C1=O. The molecule has 1 aromatic carbocycles. The largest absolute Gasteiger partial charge is 0.444 e. The third-order valence-electron chi connectivity index (χ3n) is 3.66. The second kappa shape index (κ2) is 7.07. The van der Waals surface area contributed by atoms with Crippen LogP contribution in [0.1, 0.15) is 32.3 Å². The Kier molecular flexibility index (Phi) is 5.32. The highest BCUT2D eigenvalue weighted by molar-refractivity contribution is 6.02. The van der Waals surface area contributed by atoms with Crippen molar-refractivity contribution in [1.82, 2.24) is 9.80 Å². The number of likely N-dealkylation sites (tertiary alicyclic amines) is 1. The lowest BCUT2D eigenvalue weighted by molar-refractivity contribution is -0.118. The summed E-state index contributed by atoms with van der Waals surface area (Å²) in [5.41, 5.74) is 0.970. The van der Waals surface area contributed by atoms with Crippen LogP contribution in [0, 0.1) is 0 Å². The zero-order valence-corrected chi connectivity index (χ0v) is 15.1. The summed E-state index contributed by atoms with van der Waals surface area (Å²) < 4.78 is 5.48. The summed E-state index contributed by atoms with van der Waals surface area (Å²) in [5, 5.41) is 0. The molecular weight excluding hydrogens is 304 g/mol. The lowest BCUT2D eigenvalue weighted by Crippen LogP contribution is -2.46. The van der Waals surface area contributed by atoms with Crippen molar-refractivity contribution in [2.75, 3.05) is 27.2 Å². The number of piperidine rings is 1. The Morgan fingerprint density at radius 3 is 2.42 bits per heavy atom. The number of ketones is 1. The Morgan fingerprint density at radius 1 is 1.25 bits per heavy atom. The van der Waals surface area contributed by atoms with Gasteiger partial charge in [0.1, 0.15) is 5.60 Å². The van der Waals surface area contributed by atoms with Crippen LogP contribution in [0.2, 0.25) is 0 Å². The molecule has 24 heavy (non-hydrogen) atoms. The first-order valence-electron chi connectivity index (χ1n) is 8.11. The third-order valence-corrected chi connectivity index (χ3v) is 3.66. The van der Waals surface area contributed by atoms with Crippen LogP contribution in [0.3, 0.4) is 0 Å². The van der Waals surface area contributed by atoms with Crippen molar-refractivity contribution in [2.24, 2.45) is 0 Å². The quantitative estimate of drug-likeness (QED) is 0.782. The molecule has 1 aromatic rings. The molecule has 2 rings (SSSR count). The zero-order valence-electron chi connectivity index (χ0n) is 15.1. The fourth-order valence-electron chi connectivity index (χ4n) is 2.70. The molecule has 0 N–H and O–H groups in total. The molecule has 0 spiro atoms. The Morgan fingerprint density at radius 2 is 1.88 bits per heavy atom. The molecule has 1 amide bonds. The standard InChI is InChI=1S/C19H26N2O3/c1-19(2,3)24-18(23)21-12-15(11-20(4)5)17(22)16(13-21)14-9-7-6-8-10-14/h6-11,16H,12-13H2,1-5H3/b15-11-. The molecular formula is C19H26N2O3. The van der Waals surface area contributed by atoms with Gasteiger partial charge in [-0.2, -0.15) is 0 Å². The minimum atomic E-state index is -0.563. The van der Waals surface area contributed by atoms with Gasteiger partial charge >= 0.3 is 6.09 Å². The maximum absolute atomic E-state index is 12.8. The maximum atomic E-state index is 12.8. The van der Waals surface area contributed by atoms with Gasteiger partial charge in [0, 0.05) is 32.4 Å². The maximum Gasteiger partial charge on any atom is 0.410 e. The molecule has 1 heterocycles. The molecule has 0 bridgehead atoms. The van der Waals surface area contributed by atoms with Crippen LogP contribution in [0.4, 0.5) is 4.79 Å². The monoisotopic (exact) mass is 330 g/mol. The summed E-state index contributed by atoms with van der Waals surface area (Å²) in [7, 11) is 3.73. The molecule has 1 aliphatic rings. The van der Waals surface area contributed by atoms with E-state index in [0.29, 0.717) is 12.1 Å². The second-order valence-corrected chi connectivity index (χ2v) is 7.31. The first-order chi connectivity index (χ1) is 11.2. The van der Waals surface area contributed by atoms with Crippen LogP contribution in [0.5, 0.6) is 0 Å². The van der Waals surface area contributed by atoms with Gasteiger partial charge in [0.05, 0.1) is 12.5 Å². The summed E-state index contributed by atoms with van der Waals surface area (Å²) in [4.78, 5) is 28.8. The number of hydrogen-bond acceptors (Lipinski definition) is 4. The van der Waals surface area contributed by atoms with E-state index in [1.54, 1.807) is 11.1 Å². The van der Waals surface area contributed by atoms with E-state index in [2.05, 4.69) is 0 Å². The van der Waals surface area contributed by atoms with E-state index in [9.17, 15) is 9.59 Å². The van der Waals surface area contributed by atoms with Crippen LogP contribution >= 0.6 is 0 Å². The summed E-state index contributed by atoms with van der Waals surface area (Å²) in [5.74, 6) is -0.298. The summed E-state index contributed by atoms with van der Waals surface area (Å²) >= 11 is 0. The summed E-state index contributed by atoms with van der Waals surface area (Å²) in [6.45, 7) is 6.12. The fraction of sp³-hybridized carbons (Fsp3) is 0.474. The molecule has 0 saturated carbocycles. The Bertz CT molecular complexity index is 630. The van der Waals surface area contributed by atoms with Gasteiger partial charge in [0.25, 0.3) is 0 Å². The van der Waals surface area contributed by atoms with Gasteiger partial charge in [0.15, 0.2) is 5.78 Å². The number of Topliss-reactive ketones (excluding diaryl/α,β-unsaturated/α-hetero) is 1. The zero-order chi connectivity index (χ0) is 17.9. The van der Waals surface area contributed by atoms with E-state index in [0.717, 1.165) is 5.56 Å². The van der Waals surface area contributed by atoms with Crippen LogP contribution < -0.4 is 0 Å². The van der Waals surface area contributed by atoms with E-state index >= 15 is 0 Å². The highest BCUT2D eigenvalue weighted by Gasteiger charge is 2.36. The van der Waals surface area contributed by atoms with Crippen molar-refractivity contribution in [1.29, 1.82) is 0 Å². The number of rotatable bonds is 2. The van der Waals surface area contributed by atoms with E-state index < -0.39 is 5.60 Å². The predicted octanol–water partition coefficient (Wildman–Crippen LogP) is 3.04. The first kappa shape index (κ1) is 18.0. The van der Waals surface area contributed by atoms with Crippen LogP contribution in [-0.4, -0.2) is 54.5 Å². The Balaban J connectivity index is 2.31. The van der Waals surface area contributed by atoms with Crippen molar-refractivity contribution >= 4 is 11.9 Å². The van der Waals surface area contributed by atoms with Crippen LogP contribution in [0.15, 0.2) is 42.1 Å². The number of nitrogens with zero attached hydrogens (tertiary/aromatic N) is 2. The number of hydrogen-bond donors (Lipinski definition) is 0. The summed E-state index contributed by atoms with van der Waals surface area (Å²) in [6.07, 6.45) is 1.40. The van der Waals surface area contributed by atoms with Gasteiger partial charge in [-0.1, -0.05) is 30.3 Å². The molecule has 0 aromatic heterocycles. The van der Waals surface area contributed by atoms with E-state index in [-0.39, 0.29) is 24.3 Å². The fourth-order valence-corrected chi connectivity index (χ4v) is 2.70. The Hall–Kier alpha value is -2.30. The molecule has 0 aliphatic carbocycles. The summed E-state index contributed by atoms with van der Waals surface area (Å²) in [6, 6.07) is 9.58. The van der Waals surface area contributed by atoms with Gasteiger partial charge < -0.3 is 14.5 Å². The average molecular weight is 330 g/mol. The molecule has 0 radical (unpaired) electrons. The highest BCUT2D eigenvalue weighted by atomic mass is 16.6. The molecule has 1 atom stereocenters. The van der Waals surface area contributed by atoms with Crippen molar-refractivity contribution < 1.29 is 14.3 Å². The molecule has 130 valence electrons. The number of carbonyl (C=O) groups excluding carboxylic acids is 2. The molecule has 1 fully saturated rings. The lowest BCUT2D eigenvalue weighted by atomic mass is 9.87. The van der Waals surface area contributed by atoms with Crippen molar-refractivity contribution in [2.45, 2.75) is 32.3 Å². The third kappa shape index (κ3) is 4.60. The minimum Gasteiger partial charge on any atom is -0.444 e. The van der Waals surface area contributed by atoms with E-state index in [4.69, 9.17) is 4.74 Å². The van der Waals surface area contributed by atoms with Crippen LogP contribution in [-0.2, 0) is 9.53 Å². The molecule has 5 nitrogen and oxygen atoms in total. The van der Waals surface area contributed by atoms with Gasteiger partial charge in [-0.05, 0) is 26.3 Å². The smallest absolute Gasteiger partial charge is 0.410 e. The van der Waals surface area contributed by atoms with Crippen LogP contribution in [0.25, 0.3) is 0 Å². The number of ether oxygens (including phenoxy) is 1. The van der Waals surface area contributed by atoms with E-state index in [1.165, 1.54) is 0 Å². The van der Waals surface area contributed by atoms with Crippen molar-refractivity contribution in [3.8, 4) is 0 Å². The minimum absolute atomic E-state index is 0.0645. The number of amides is 1. The highest BCUT2D eigenvalue weighted by Crippen LogP contribution is 2.28. The van der Waals surface area contributed by atoms with Gasteiger partial charge in [-0.25, -0.2) is 4.79 Å². The average Bonchev–Trinajstić information content (AvgIpc) is 2.48.